The number of unbranched alkanes of at least 4 members (excludes halogenated alkanes) is 1. The first-order valence-electron chi connectivity index (χ1n) is 5.70. The van der Waals surface area contributed by atoms with Gasteiger partial charge in [-0.3, -0.25) is 0 Å². The zero-order chi connectivity index (χ0) is 9.36. The van der Waals surface area contributed by atoms with E-state index in [1.54, 1.807) is 0 Å². The first kappa shape index (κ1) is 11.8. The summed E-state index contributed by atoms with van der Waals surface area (Å²) in [4.78, 5) is 0. The highest BCUT2D eigenvalue weighted by atomic mass is 127. The van der Waals surface area contributed by atoms with Crippen molar-refractivity contribution in [3.05, 3.63) is 0 Å². The molecule has 1 aliphatic carbocycles. The minimum atomic E-state index is 0.994. The minimum Gasteiger partial charge on any atom is -0.316 e. The summed E-state index contributed by atoms with van der Waals surface area (Å²) in [5, 5.41) is 3.59. The van der Waals surface area contributed by atoms with Gasteiger partial charge in [0.05, 0.1) is 0 Å². The van der Waals surface area contributed by atoms with E-state index in [2.05, 4.69) is 27.9 Å². The molecule has 1 nitrogen and oxygen atoms in total. The maximum Gasteiger partial charge on any atom is -0.000426 e. The smallest absolute Gasteiger partial charge is 0.000426 e. The third-order valence-electron chi connectivity index (χ3n) is 2.89. The van der Waals surface area contributed by atoms with Crippen molar-refractivity contribution in [1.82, 2.24) is 5.32 Å². The van der Waals surface area contributed by atoms with Gasteiger partial charge in [0, 0.05) is 0 Å². The fourth-order valence-electron chi connectivity index (χ4n) is 2.04. The Hall–Kier alpha value is 0.690. The Morgan fingerprint density at radius 2 is 1.85 bits per heavy atom. The van der Waals surface area contributed by atoms with Crippen LogP contribution < -0.4 is 5.32 Å². The second kappa shape index (κ2) is 8.04. The lowest BCUT2D eigenvalue weighted by Gasteiger charge is -2.21. The fourth-order valence-corrected chi connectivity index (χ4v) is 2.58. The van der Waals surface area contributed by atoms with Crippen LogP contribution in [-0.4, -0.2) is 17.5 Å². The van der Waals surface area contributed by atoms with Gasteiger partial charge in [0.25, 0.3) is 0 Å². The third kappa shape index (κ3) is 5.89. The van der Waals surface area contributed by atoms with Crippen molar-refractivity contribution in [2.24, 2.45) is 5.92 Å². The van der Waals surface area contributed by atoms with Crippen molar-refractivity contribution < 1.29 is 0 Å². The quantitative estimate of drug-likeness (QED) is 0.450. The summed E-state index contributed by atoms with van der Waals surface area (Å²) in [6, 6.07) is 0. The molecular formula is C11H22IN. The SMILES string of the molecule is ICCCCNCC1CCCCC1. The Labute approximate surface area is 96.2 Å². The summed E-state index contributed by atoms with van der Waals surface area (Å²) in [5.41, 5.74) is 0. The topological polar surface area (TPSA) is 12.0 Å². The van der Waals surface area contributed by atoms with E-state index in [0.717, 1.165) is 5.92 Å². The highest BCUT2D eigenvalue weighted by Gasteiger charge is 2.11. The Morgan fingerprint density at radius 3 is 2.54 bits per heavy atom. The standard InChI is InChI=1S/C11H22IN/c12-8-4-5-9-13-10-11-6-2-1-3-7-11/h11,13H,1-10H2. The first-order chi connectivity index (χ1) is 6.43. The van der Waals surface area contributed by atoms with Gasteiger partial charge in [-0.25, -0.2) is 0 Å². The maximum absolute atomic E-state index is 3.59. The highest BCUT2D eigenvalue weighted by Crippen LogP contribution is 2.22. The molecule has 0 aliphatic heterocycles. The molecule has 0 bridgehead atoms. The number of hydrogen-bond acceptors (Lipinski definition) is 1. The van der Waals surface area contributed by atoms with Crippen LogP contribution in [0.25, 0.3) is 0 Å². The van der Waals surface area contributed by atoms with Crippen LogP contribution in [-0.2, 0) is 0 Å². The summed E-state index contributed by atoms with van der Waals surface area (Å²) >= 11 is 2.45. The molecule has 1 N–H and O–H groups in total. The number of nitrogens with one attached hydrogen (secondary N) is 1. The van der Waals surface area contributed by atoms with Crippen molar-refractivity contribution >= 4 is 22.6 Å². The minimum absolute atomic E-state index is 0.994. The average Bonchev–Trinajstić information content (AvgIpc) is 2.19. The zero-order valence-electron chi connectivity index (χ0n) is 8.53. The lowest BCUT2D eigenvalue weighted by atomic mass is 9.89. The van der Waals surface area contributed by atoms with Crippen molar-refractivity contribution in [2.45, 2.75) is 44.9 Å². The molecule has 0 saturated heterocycles. The maximum atomic E-state index is 3.59. The molecule has 1 saturated carbocycles. The van der Waals surface area contributed by atoms with Gasteiger partial charge in [-0.05, 0) is 49.1 Å². The number of alkyl halides is 1. The first-order valence-corrected chi connectivity index (χ1v) is 7.22. The van der Waals surface area contributed by atoms with Crippen LogP contribution >= 0.6 is 22.6 Å². The average molecular weight is 295 g/mol. The molecule has 0 atom stereocenters. The third-order valence-corrected chi connectivity index (χ3v) is 3.66. The molecule has 1 aliphatic rings. The normalized spacial score (nSPS) is 19.2. The molecule has 1 rings (SSSR count). The monoisotopic (exact) mass is 295 g/mol. The fraction of sp³-hybridized carbons (Fsp3) is 1.00. The second-order valence-corrected chi connectivity index (χ2v) is 5.18. The van der Waals surface area contributed by atoms with Gasteiger partial charge < -0.3 is 5.32 Å². The van der Waals surface area contributed by atoms with Gasteiger partial charge in [-0.2, -0.15) is 0 Å². The largest absolute Gasteiger partial charge is 0.316 e. The Balaban J connectivity index is 1.86. The summed E-state index contributed by atoms with van der Waals surface area (Å²) < 4.78 is 1.31. The summed E-state index contributed by atoms with van der Waals surface area (Å²) in [7, 11) is 0. The number of hydrogen-bond donors (Lipinski definition) is 1. The van der Waals surface area contributed by atoms with Crippen LogP contribution in [0.5, 0.6) is 0 Å². The molecule has 13 heavy (non-hydrogen) atoms. The van der Waals surface area contributed by atoms with Gasteiger partial charge in [0.15, 0.2) is 0 Å². The Kier molecular flexibility index (Phi) is 7.27. The molecule has 0 spiro atoms. The highest BCUT2D eigenvalue weighted by molar-refractivity contribution is 14.1. The van der Waals surface area contributed by atoms with Crippen molar-refractivity contribution in [1.29, 1.82) is 0 Å². The molecule has 78 valence electrons. The van der Waals surface area contributed by atoms with Crippen LogP contribution in [0.1, 0.15) is 44.9 Å². The number of rotatable bonds is 6. The molecular weight excluding hydrogens is 273 g/mol. The van der Waals surface area contributed by atoms with Gasteiger partial charge in [0.1, 0.15) is 0 Å². The lowest BCUT2D eigenvalue weighted by Crippen LogP contribution is -2.25. The van der Waals surface area contributed by atoms with Gasteiger partial charge in [-0.15, -0.1) is 0 Å². The Morgan fingerprint density at radius 1 is 1.08 bits per heavy atom. The summed E-state index contributed by atoms with van der Waals surface area (Å²) in [5.74, 6) is 0.994. The van der Waals surface area contributed by atoms with Crippen LogP contribution in [0.15, 0.2) is 0 Å². The van der Waals surface area contributed by atoms with Crippen LogP contribution in [0.4, 0.5) is 0 Å². The predicted molar refractivity (Wildman–Crippen MR) is 67.6 cm³/mol. The second-order valence-electron chi connectivity index (χ2n) is 4.10. The van der Waals surface area contributed by atoms with Gasteiger partial charge in [0.2, 0.25) is 0 Å². The molecule has 0 aromatic rings. The number of halogens is 1. The van der Waals surface area contributed by atoms with Crippen molar-refractivity contribution in [2.75, 3.05) is 17.5 Å². The van der Waals surface area contributed by atoms with Crippen molar-refractivity contribution in [3.8, 4) is 0 Å². The lowest BCUT2D eigenvalue weighted by molar-refractivity contribution is 0.342. The molecule has 0 radical (unpaired) electrons. The zero-order valence-corrected chi connectivity index (χ0v) is 10.7. The van der Waals surface area contributed by atoms with E-state index < -0.39 is 0 Å². The molecule has 0 heterocycles. The van der Waals surface area contributed by atoms with E-state index in [9.17, 15) is 0 Å². The molecule has 1 fully saturated rings. The van der Waals surface area contributed by atoms with Crippen LogP contribution in [0.3, 0.4) is 0 Å². The van der Waals surface area contributed by atoms with Gasteiger partial charge >= 0.3 is 0 Å². The summed E-state index contributed by atoms with van der Waals surface area (Å²) in [6.07, 6.45) is 10.1. The van der Waals surface area contributed by atoms with E-state index in [0.29, 0.717) is 0 Å². The van der Waals surface area contributed by atoms with E-state index in [1.807, 2.05) is 0 Å². The van der Waals surface area contributed by atoms with E-state index in [4.69, 9.17) is 0 Å². The van der Waals surface area contributed by atoms with E-state index in [1.165, 1.54) is 62.5 Å². The molecule has 0 aromatic carbocycles. The van der Waals surface area contributed by atoms with E-state index in [-0.39, 0.29) is 0 Å². The van der Waals surface area contributed by atoms with Crippen LogP contribution in [0, 0.1) is 5.92 Å². The summed E-state index contributed by atoms with van der Waals surface area (Å²) in [6.45, 7) is 2.51. The molecule has 0 aromatic heterocycles. The Bertz CT molecular complexity index is 111. The molecule has 0 amide bonds. The predicted octanol–water partition coefficient (Wildman–Crippen LogP) is 3.37. The van der Waals surface area contributed by atoms with Gasteiger partial charge in [-0.1, -0.05) is 41.9 Å². The molecule has 2 heteroatoms. The molecule has 0 unspecified atom stereocenters. The van der Waals surface area contributed by atoms with E-state index >= 15 is 0 Å². The van der Waals surface area contributed by atoms with Crippen LogP contribution in [0.2, 0.25) is 0 Å². The van der Waals surface area contributed by atoms with Crippen molar-refractivity contribution in [3.63, 3.8) is 0 Å².